The fraction of sp³-hybridized carbons (Fsp3) is 0.917. The molecule has 4 heteroatoms. The van der Waals surface area contributed by atoms with E-state index in [1.807, 2.05) is 20.8 Å². The van der Waals surface area contributed by atoms with Gasteiger partial charge in [-0.1, -0.05) is 25.2 Å². The molecule has 0 aromatic rings. The molecule has 94 valence electrons. The zero-order valence-electron chi connectivity index (χ0n) is 11.2. The molecule has 2 N–H and O–H groups in total. The lowest BCUT2D eigenvalue weighted by atomic mass is 9.93. The topological polar surface area (TPSA) is 52.3 Å². The van der Waals surface area contributed by atoms with Crippen LogP contribution in [0.25, 0.3) is 0 Å². The van der Waals surface area contributed by atoms with Crippen LogP contribution in [0.4, 0.5) is 0 Å². The van der Waals surface area contributed by atoms with Gasteiger partial charge in [0, 0.05) is 8.07 Å². The monoisotopic (exact) mass is 243 g/mol. The van der Waals surface area contributed by atoms with Gasteiger partial charge < -0.3 is 10.5 Å². The van der Waals surface area contributed by atoms with E-state index in [4.69, 9.17) is 10.5 Å². The quantitative estimate of drug-likeness (QED) is 0.569. The molecule has 1 fully saturated rings. The van der Waals surface area contributed by atoms with Crippen molar-refractivity contribution in [1.82, 2.24) is 0 Å². The Hall–Kier alpha value is -0.353. The van der Waals surface area contributed by atoms with Crippen LogP contribution in [0.2, 0.25) is 25.2 Å². The average molecular weight is 243 g/mol. The SMILES string of the molecule is CC(C)(C)OC(=O)C1(N)CC[Si](C)(C)CC1. The Kier molecular flexibility index (Phi) is 3.55. The fourth-order valence-corrected chi connectivity index (χ4v) is 4.45. The Bertz CT molecular complexity index is 271. The predicted molar refractivity (Wildman–Crippen MR) is 69.1 cm³/mol. The van der Waals surface area contributed by atoms with E-state index in [0.717, 1.165) is 24.9 Å². The Morgan fingerprint density at radius 3 is 2.06 bits per heavy atom. The Labute approximate surface area is 99.7 Å². The van der Waals surface area contributed by atoms with Crippen molar-refractivity contribution in [3.63, 3.8) is 0 Å². The van der Waals surface area contributed by atoms with E-state index >= 15 is 0 Å². The molecule has 0 atom stereocenters. The van der Waals surface area contributed by atoms with Crippen molar-refractivity contribution in [2.24, 2.45) is 5.73 Å². The maximum Gasteiger partial charge on any atom is 0.326 e. The minimum atomic E-state index is -1.07. The zero-order valence-corrected chi connectivity index (χ0v) is 12.2. The van der Waals surface area contributed by atoms with Gasteiger partial charge in [0.2, 0.25) is 0 Å². The molecule has 0 aliphatic carbocycles. The highest BCUT2D eigenvalue weighted by Crippen LogP contribution is 2.35. The Balaban J connectivity index is 2.63. The molecule has 0 bridgehead atoms. The first kappa shape index (κ1) is 13.7. The van der Waals surface area contributed by atoms with E-state index in [1.165, 1.54) is 0 Å². The van der Waals surface area contributed by atoms with Crippen molar-refractivity contribution >= 4 is 14.0 Å². The van der Waals surface area contributed by atoms with Crippen LogP contribution >= 0.6 is 0 Å². The lowest BCUT2D eigenvalue weighted by Gasteiger charge is -2.39. The third kappa shape index (κ3) is 3.59. The maximum atomic E-state index is 12.0. The van der Waals surface area contributed by atoms with Crippen LogP contribution in [-0.4, -0.2) is 25.2 Å². The van der Waals surface area contributed by atoms with Crippen LogP contribution in [0, 0.1) is 0 Å². The van der Waals surface area contributed by atoms with E-state index in [-0.39, 0.29) is 5.97 Å². The molecule has 0 saturated carbocycles. The van der Waals surface area contributed by atoms with Crippen LogP contribution in [0.1, 0.15) is 33.6 Å². The number of carbonyl (C=O) groups excluding carboxylic acids is 1. The van der Waals surface area contributed by atoms with E-state index in [1.54, 1.807) is 0 Å². The Morgan fingerprint density at radius 2 is 1.69 bits per heavy atom. The van der Waals surface area contributed by atoms with Gasteiger partial charge in [0.05, 0.1) is 0 Å². The first-order valence-electron chi connectivity index (χ1n) is 6.07. The summed E-state index contributed by atoms with van der Waals surface area (Å²) in [6, 6.07) is 2.26. The van der Waals surface area contributed by atoms with Crippen LogP contribution in [0.5, 0.6) is 0 Å². The summed E-state index contributed by atoms with van der Waals surface area (Å²) in [4.78, 5) is 12.0. The van der Waals surface area contributed by atoms with Gasteiger partial charge >= 0.3 is 5.97 Å². The molecule has 0 unspecified atom stereocenters. The summed E-state index contributed by atoms with van der Waals surface area (Å²) in [7, 11) is -1.07. The summed E-state index contributed by atoms with van der Waals surface area (Å²) in [6.07, 6.45) is 1.59. The number of ether oxygens (including phenoxy) is 1. The largest absolute Gasteiger partial charge is 0.459 e. The second-order valence-corrected chi connectivity index (χ2v) is 12.2. The number of hydrogen-bond acceptors (Lipinski definition) is 3. The van der Waals surface area contributed by atoms with Gasteiger partial charge in [-0.05, 0) is 33.6 Å². The lowest BCUT2D eigenvalue weighted by Crippen LogP contribution is -2.55. The molecule has 0 aromatic carbocycles. The van der Waals surface area contributed by atoms with Gasteiger partial charge in [-0.25, -0.2) is 0 Å². The summed E-state index contributed by atoms with van der Waals surface area (Å²) in [5.41, 5.74) is 5.02. The number of carbonyl (C=O) groups is 1. The van der Waals surface area contributed by atoms with E-state index in [0.29, 0.717) is 0 Å². The van der Waals surface area contributed by atoms with Crippen molar-refractivity contribution in [3.8, 4) is 0 Å². The van der Waals surface area contributed by atoms with Crippen molar-refractivity contribution < 1.29 is 9.53 Å². The normalized spacial score (nSPS) is 23.9. The molecule has 1 saturated heterocycles. The summed E-state index contributed by atoms with van der Waals surface area (Å²) < 4.78 is 5.40. The van der Waals surface area contributed by atoms with E-state index in [2.05, 4.69) is 13.1 Å². The smallest absolute Gasteiger partial charge is 0.326 e. The van der Waals surface area contributed by atoms with Crippen molar-refractivity contribution in [1.29, 1.82) is 0 Å². The number of nitrogens with two attached hydrogens (primary N) is 1. The van der Waals surface area contributed by atoms with E-state index in [9.17, 15) is 4.79 Å². The lowest BCUT2D eigenvalue weighted by molar-refractivity contribution is -0.162. The molecule has 16 heavy (non-hydrogen) atoms. The summed E-state index contributed by atoms with van der Waals surface area (Å²) in [5, 5.41) is 0. The fourth-order valence-electron chi connectivity index (χ4n) is 1.96. The van der Waals surface area contributed by atoms with Crippen LogP contribution in [-0.2, 0) is 9.53 Å². The molecular weight excluding hydrogens is 218 g/mol. The second-order valence-electron chi connectivity index (χ2n) is 6.82. The van der Waals surface area contributed by atoms with Crippen molar-refractivity contribution in [3.05, 3.63) is 0 Å². The highest BCUT2D eigenvalue weighted by molar-refractivity contribution is 6.77. The van der Waals surface area contributed by atoms with E-state index < -0.39 is 19.2 Å². The van der Waals surface area contributed by atoms with Gasteiger partial charge in [0.1, 0.15) is 11.1 Å². The minimum Gasteiger partial charge on any atom is -0.459 e. The first-order valence-corrected chi connectivity index (χ1v) is 9.48. The molecule has 0 spiro atoms. The van der Waals surface area contributed by atoms with Crippen LogP contribution in [0.15, 0.2) is 0 Å². The molecular formula is C12H25NO2Si. The minimum absolute atomic E-state index is 0.218. The highest BCUT2D eigenvalue weighted by Gasteiger charge is 2.43. The standard InChI is InChI=1S/C12H25NO2Si/c1-11(2,3)15-10(14)12(13)6-8-16(4,5)9-7-12/h6-9,13H2,1-5H3. The van der Waals surface area contributed by atoms with Gasteiger partial charge in [0.25, 0.3) is 0 Å². The Morgan fingerprint density at radius 1 is 1.25 bits per heavy atom. The van der Waals surface area contributed by atoms with Crippen LogP contribution < -0.4 is 5.73 Å². The number of rotatable bonds is 1. The van der Waals surface area contributed by atoms with Crippen molar-refractivity contribution in [2.75, 3.05) is 0 Å². The van der Waals surface area contributed by atoms with Crippen molar-refractivity contribution in [2.45, 2.75) is 69.9 Å². The maximum absolute atomic E-state index is 12.0. The summed E-state index contributed by atoms with van der Waals surface area (Å²) >= 11 is 0. The zero-order chi connectivity index (χ0) is 12.6. The van der Waals surface area contributed by atoms with Gasteiger partial charge in [0.15, 0.2) is 0 Å². The summed E-state index contributed by atoms with van der Waals surface area (Å²) in [5.74, 6) is -0.218. The highest BCUT2D eigenvalue weighted by atomic mass is 28.3. The molecule has 1 rings (SSSR count). The van der Waals surface area contributed by atoms with Gasteiger partial charge in [-0.2, -0.15) is 0 Å². The van der Waals surface area contributed by atoms with Gasteiger partial charge in [-0.15, -0.1) is 0 Å². The third-order valence-corrected chi connectivity index (χ3v) is 6.51. The second kappa shape index (κ2) is 4.15. The molecule has 0 amide bonds. The first-order chi connectivity index (χ1) is 7.04. The molecule has 1 heterocycles. The molecule has 1 aliphatic rings. The molecule has 1 aliphatic heterocycles. The number of esters is 1. The third-order valence-electron chi connectivity index (χ3n) is 3.30. The molecule has 0 aromatic heterocycles. The number of hydrogen-bond donors (Lipinski definition) is 1. The molecule has 0 radical (unpaired) electrons. The van der Waals surface area contributed by atoms with Gasteiger partial charge in [-0.3, -0.25) is 4.79 Å². The van der Waals surface area contributed by atoms with Crippen LogP contribution in [0.3, 0.4) is 0 Å². The average Bonchev–Trinajstić information content (AvgIpc) is 2.08. The molecule has 3 nitrogen and oxygen atoms in total. The summed E-state index contributed by atoms with van der Waals surface area (Å²) in [6.45, 7) is 10.4. The predicted octanol–water partition coefficient (Wildman–Crippen LogP) is 2.53.